The van der Waals surface area contributed by atoms with Gasteiger partial charge in [-0.15, -0.1) is 0 Å². The molecule has 2 rings (SSSR count). The zero-order chi connectivity index (χ0) is 16.9. The van der Waals surface area contributed by atoms with E-state index >= 15 is 0 Å². The first-order valence-corrected chi connectivity index (χ1v) is 8.48. The molecule has 0 fully saturated rings. The number of nitrogens with zero attached hydrogens (tertiary/aromatic N) is 1. The largest absolute Gasteiger partial charge is 0.313 e. The Bertz CT molecular complexity index is 806. The highest BCUT2D eigenvalue weighted by atomic mass is 32.2. The number of sulfonamides is 1. The third kappa shape index (κ3) is 4.27. The molecule has 0 atom stereocenters. The maximum absolute atomic E-state index is 12.4. The van der Waals surface area contributed by atoms with Crippen molar-refractivity contribution in [2.75, 3.05) is 11.3 Å². The summed E-state index contributed by atoms with van der Waals surface area (Å²) in [5.41, 5.74) is 0.817. The fourth-order valence-electron chi connectivity index (χ4n) is 2.06. The van der Waals surface area contributed by atoms with Gasteiger partial charge in [0.05, 0.1) is 4.92 Å². The van der Waals surface area contributed by atoms with Crippen molar-refractivity contribution in [3.05, 3.63) is 64.2 Å². The molecule has 0 heterocycles. The van der Waals surface area contributed by atoms with E-state index in [4.69, 9.17) is 0 Å². The first-order valence-electron chi connectivity index (χ1n) is 7.00. The van der Waals surface area contributed by atoms with Crippen LogP contribution in [0.4, 0.5) is 11.4 Å². The van der Waals surface area contributed by atoms with Crippen LogP contribution in [0.15, 0.2) is 53.4 Å². The highest BCUT2D eigenvalue weighted by Crippen LogP contribution is 2.25. The lowest BCUT2D eigenvalue weighted by Gasteiger charge is -2.10. The van der Waals surface area contributed by atoms with Crippen LogP contribution in [0.3, 0.4) is 0 Å². The summed E-state index contributed by atoms with van der Waals surface area (Å²) in [6.45, 7) is 3.38. The molecule has 0 amide bonds. The van der Waals surface area contributed by atoms with Crippen molar-refractivity contribution in [1.29, 1.82) is 0 Å². The lowest BCUT2D eigenvalue weighted by atomic mass is 10.2. The van der Waals surface area contributed by atoms with E-state index in [1.165, 1.54) is 18.2 Å². The van der Waals surface area contributed by atoms with Crippen molar-refractivity contribution >= 4 is 21.4 Å². The van der Waals surface area contributed by atoms with Gasteiger partial charge in [-0.25, -0.2) is 8.42 Å². The van der Waals surface area contributed by atoms with Gasteiger partial charge in [-0.2, -0.15) is 0 Å². The van der Waals surface area contributed by atoms with Crippen LogP contribution in [0, 0.1) is 10.1 Å². The lowest BCUT2D eigenvalue weighted by Crippen LogP contribution is -2.15. The van der Waals surface area contributed by atoms with Gasteiger partial charge in [-0.3, -0.25) is 14.8 Å². The molecule has 23 heavy (non-hydrogen) atoms. The Hall–Kier alpha value is -2.45. The molecule has 0 aromatic heterocycles. The minimum atomic E-state index is -4.04. The average Bonchev–Trinajstić information content (AvgIpc) is 2.53. The molecule has 122 valence electrons. The number of hydrogen-bond donors (Lipinski definition) is 2. The predicted molar refractivity (Wildman–Crippen MR) is 87.7 cm³/mol. The average molecular weight is 335 g/mol. The van der Waals surface area contributed by atoms with Gasteiger partial charge in [-0.05, 0) is 30.3 Å². The zero-order valence-corrected chi connectivity index (χ0v) is 13.3. The van der Waals surface area contributed by atoms with Gasteiger partial charge in [0.15, 0.2) is 4.90 Å². The van der Waals surface area contributed by atoms with Crippen LogP contribution in [0.1, 0.15) is 12.5 Å². The third-order valence-corrected chi connectivity index (χ3v) is 4.54. The highest BCUT2D eigenvalue weighted by molar-refractivity contribution is 7.92. The number of nitro benzene ring substituents is 1. The molecule has 2 aromatic rings. The molecule has 0 aliphatic heterocycles. The standard InChI is InChI=1S/C15H17N3O4S/c1-2-16-11-12-6-5-7-13(10-12)17-23(21,22)15-9-4-3-8-14(15)18(19)20/h3-10,16-17H,2,11H2,1H3. The minimum Gasteiger partial charge on any atom is -0.313 e. The second-order valence-electron chi connectivity index (χ2n) is 4.81. The Morgan fingerprint density at radius 1 is 1.13 bits per heavy atom. The zero-order valence-electron chi connectivity index (χ0n) is 12.5. The van der Waals surface area contributed by atoms with Gasteiger partial charge in [-0.1, -0.05) is 31.2 Å². The van der Waals surface area contributed by atoms with Crippen LogP contribution in [0.2, 0.25) is 0 Å². The number of para-hydroxylation sites is 1. The molecule has 0 bridgehead atoms. The molecular formula is C15H17N3O4S. The monoisotopic (exact) mass is 335 g/mol. The minimum absolute atomic E-state index is 0.359. The molecular weight excluding hydrogens is 318 g/mol. The molecule has 0 aliphatic carbocycles. The first-order chi connectivity index (χ1) is 10.9. The van der Waals surface area contributed by atoms with E-state index in [1.54, 1.807) is 18.2 Å². The first kappa shape index (κ1) is 16.9. The van der Waals surface area contributed by atoms with Crippen molar-refractivity contribution in [3.8, 4) is 0 Å². The molecule has 2 N–H and O–H groups in total. The predicted octanol–water partition coefficient (Wildman–Crippen LogP) is 2.51. The van der Waals surface area contributed by atoms with E-state index in [0.29, 0.717) is 12.2 Å². The molecule has 0 spiro atoms. The smallest absolute Gasteiger partial charge is 0.289 e. The Morgan fingerprint density at radius 3 is 2.57 bits per heavy atom. The number of benzene rings is 2. The molecule has 0 radical (unpaired) electrons. The topological polar surface area (TPSA) is 101 Å². The summed E-state index contributed by atoms with van der Waals surface area (Å²) in [5.74, 6) is 0. The molecule has 0 unspecified atom stereocenters. The van der Waals surface area contributed by atoms with Crippen LogP contribution >= 0.6 is 0 Å². The Balaban J connectivity index is 2.30. The number of rotatable bonds is 7. The van der Waals surface area contributed by atoms with Gasteiger partial charge in [0, 0.05) is 18.3 Å². The SMILES string of the molecule is CCNCc1cccc(NS(=O)(=O)c2ccccc2[N+](=O)[O-])c1. The number of nitrogens with one attached hydrogen (secondary N) is 2. The molecule has 2 aromatic carbocycles. The van der Waals surface area contributed by atoms with Crippen LogP contribution in [-0.2, 0) is 16.6 Å². The van der Waals surface area contributed by atoms with Crippen LogP contribution < -0.4 is 10.0 Å². The third-order valence-electron chi connectivity index (χ3n) is 3.11. The van der Waals surface area contributed by atoms with E-state index in [2.05, 4.69) is 10.0 Å². The van der Waals surface area contributed by atoms with Gasteiger partial charge >= 0.3 is 0 Å². The quantitative estimate of drug-likeness (QED) is 0.598. The second-order valence-corrected chi connectivity index (χ2v) is 6.46. The van der Waals surface area contributed by atoms with Crippen molar-refractivity contribution in [3.63, 3.8) is 0 Å². The number of nitro groups is 1. The fourth-order valence-corrected chi connectivity index (χ4v) is 3.28. The maximum atomic E-state index is 12.4. The van der Waals surface area contributed by atoms with Crippen LogP contribution in [-0.4, -0.2) is 19.9 Å². The number of hydrogen-bond acceptors (Lipinski definition) is 5. The van der Waals surface area contributed by atoms with E-state index in [0.717, 1.165) is 18.2 Å². The summed E-state index contributed by atoms with van der Waals surface area (Å²) in [4.78, 5) is 9.93. The maximum Gasteiger partial charge on any atom is 0.289 e. The fraction of sp³-hybridized carbons (Fsp3) is 0.200. The molecule has 0 saturated heterocycles. The van der Waals surface area contributed by atoms with E-state index in [9.17, 15) is 18.5 Å². The Morgan fingerprint density at radius 2 is 1.87 bits per heavy atom. The van der Waals surface area contributed by atoms with Crippen molar-refractivity contribution in [1.82, 2.24) is 5.32 Å². The molecule has 0 saturated carbocycles. The highest BCUT2D eigenvalue weighted by Gasteiger charge is 2.25. The van der Waals surface area contributed by atoms with E-state index in [1.807, 2.05) is 13.0 Å². The normalized spacial score (nSPS) is 11.2. The summed E-state index contributed by atoms with van der Waals surface area (Å²) in [6.07, 6.45) is 0. The van der Waals surface area contributed by atoms with Gasteiger partial charge < -0.3 is 5.32 Å². The Labute approximate surface area is 134 Å². The summed E-state index contributed by atoms with van der Waals surface area (Å²) in [5, 5.41) is 14.1. The van der Waals surface area contributed by atoms with Gasteiger partial charge in [0.2, 0.25) is 0 Å². The van der Waals surface area contributed by atoms with Crippen molar-refractivity contribution in [2.24, 2.45) is 0 Å². The van der Waals surface area contributed by atoms with E-state index < -0.39 is 20.6 Å². The number of anilines is 1. The van der Waals surface area contributed by atoms with Crippen molar-refractivity contribution in [2.45, 2.75) is 18.4 Å². The summed E-state index contributed by atoms with van der Waals surface area (Å²) in [6, 6.07) is 12.1. The summed E-state index contributed by atoms with van der Waals surface area (Å²) < 4.78 is 27.2. The van der Waals surface area contributed by atoms with Crippen molar-refractivity contribution < 1.29 is 13.3 Å². The lowest BCUT2D eigenvalue weighted by molar-refractivity contribution is -0.387. The van der Waals surface area contributed by atoms with Gasteiger partial charge in [0.25, 0.3) is 15.7 Å². The van der Waals surface area contributed by atoms with E-state index in [-0.39, 0.29) is 4.90 Å². The molecule has 8 heteroatoms. The van der Waals surface area contributed by atoms with Crippen LogP contribution in [0.5, 0.6) is 0 Å². The second kappa shape index (κ2) is 7.21. The Kier molecular flexibility index (Phi) is 5.30. The van der Waals surface area contributed by atoms with Gasteiger partial charge in [0.1, 0.15) is 0 Å². The molecule has 0 aliphatic rings. The van der Waals surface area contributed by atoms with Crippen LogP contribution in [0.25, 0.3) is 0 Å². The molecule has 7 nitrogen and oxygen atoms in total. The summed E-state index contributed by atoms with van der Waals surface area (Å²) in [7, 11) is -4.04. The summed E-state index contributed by atoms with van der Waals surface area (Å²) >= 11 is 0.